The fourth-order valence-corrected chi connectivity index (χ4v) is 3.38. The first-order valence-electron chi connectivity index (χ1n) is 9.67. The molecule has 0 bridgehead atoms. The van der Waals surface area contributed by atoms with E-state index in [4.69, 9.17) is 14.2 Å². The summed E-state index contributed by atoms with van der Waals surface area (Å²) in [5.74, 6) is 7.22. The van der Waals surface area contributed by atoms with Crippen LogP contribution >= 0.6 is 0 Å². The number of benzene rings is 2. The van der Waals surface area contributed by atoms with Crippen molar-refractivity contribution in [3.05, 3.63) is 59.7 Å². The zero-order valence-corrected chi connectivity index (χ0v) is 16.4. The van der Waals surface area contributed by atoms with Gasteiger partial charge in [-0.25, -0.2) is 0 Å². The lowest BCUT2D eigenvalue weighted by atomic mass is 9.95. The first-order valence-corrected chi connectivity index (χ1v) is 9.67. The Hall–Kier alpha value is -2.93. The van der Waals surface area contributed by atoms with E-state index < -0.39 is 0 Å². The zero-order valence-electron chi connectivity index (χ0n) is 16.4. The normalized spacial score (nSPS) is 14.6. The van der Waals surface area contributed by atoms with Crippen LogP contribution in [0, 0.1) is 11.8 Å². The Morgan fingerprint density at radius 3 is 2.50 bits per heavy atom. The number of ether oxygens (including phenoxy) is 3. The van der Waals surface area contributed by atoms with E-state index in [9.17, 15) is 4.79 Å². The molecule has 3 rings (SSSR count). The molecule has 1 atom stereocenters. The SMILES string of the molecule is COC(=O)C[C@H](C#Cc1ccccc1)c1ccc(OC)c(OC2CCCC2)c1. The van der Waals surface area contributed by atoms with Crippen LogP contribution in [-0.2, 0) is 9.53 Å². The summed E-state index contributed by atoms with van der Waals surface area (Å²) >= 11 is 0. The van der Waals surface area contributed by atoms with Gasteiger partial charge in [-0.05, 0) is 55.5 Å². The van der Waals surface area contributed by atoms with Crippen LogP contribution in [0.2, 0.25) is 0 Å². The summed E-state index contributed by atoms with van der Waals surface area (Å²) in [6.07, 6.45) is 4.92. The number of methoxy groups -OCH3 is 2. The maximum absolute atomic E-state index is 11.9. The molecule has 1 fully saturated rings. The third-order valence-corrected chi connectivity index (χ3v) is 4.95. The van der Waals surface area contributed by atoms with E-state index >= 15 is 0 Å². The zero-order chi connectivity index (χ0) is 19.8. The van der Waals surface area contributed by atoms with Gasteiger partial charge in [0, 0.05) is 5.56 Å². The maximum atomic E-state index is 11.9. The number of rotatable bonds is 6. The van der Waals surface area contributed by atoms with Gasteiger partial charge in [0.15, 0.2) is 11.5 Å². The molecule has 0 aliphatic heterocycles. The molecule has 0 amide bonds. The van der Waals surface area contributed by atoms with Crippen molar-refractivity contribution >= 4 is 5.97 Å². The lowest BCUT2D eigenvalue weighted by Crippen LogP contribution is -2.12. The molecule has 0 radical (unpaired) electrons. The van der Waals surface area contributed by atoms with Crippen molar-refractivity contribution in [2.45, 2.75) is 44.1 Å². The van der Waals surface area contributed by atoms with Crippen molar-refractivity contribution in [1.29, 1.82) is 0 Å². The van der Waals surface area contributed by atoms with Gasteiger partial charge in [0.2, 0.25) is 0 Å². The molecule has 2 aromatic carbocycles. The molecule has 28 heavy (non-hydrogen) atoms. The largest absolute Gasteiger partial charge is 0.493 e. The molecule has 146 valence electrons. The molecule has 0 unspecified atom stereocenters. The van der Waals surface area contributed by atoms with Gasteiger partial charge < -0.3 is 14.2 Å². The van der Waals surface area contributed by atoms with Crippen LogP contribution in [0.15, 0.2) is 48.5 Å². The van der Waals surface area contributed by atoms with E-state index in [1.54, 1.807) is 7.11 Å². The van der Waals surface area contributed by atoms with Crippen LogP contribution < -0.4 is 9.47 Å². The van der Waals surface area contributed by atoms with Crippen LogP contribution in [0.1, 0.15) is 49.1 Å². The molecule has 0 spiro atoms. The van der Waals surface area contributed by atoms with Crippen molar-refractivity contribution < 1.29 is 19.0 Å². The summed E-state index contributed by atoms with van der Waals surface area (Å²) in [5.41, 5.74) is 1.83. The second-order valence-corrected chi connectivity index (χ2v) is 6.90. The first-order chi connectivity index (χ1) is 13.7. The van der Waals surface area contributed by atoms with Crippen LogP contribution in [0.25, 0.3) is 0 Å². The third kappa shape index (κ3) is 5.29. The van der Waals surface area contributed by atoms with E-state index in [2.05, 4.69) is 11.8 Å². The summed E-state index contributed by atoms with van der Waals surface area (Å²) in [4.78, 5) is 11.9. The second kappa shape index (κ2) is 9.85. The van der Waals surface area contributed by atoms with E-state index in [0.29, 0.717) is 11.5 Å². The molecule has 0 heterocycles. The van der Waals surface area contributed by atoms with Crippen LogP contribution in [0.4, 0.5) is 0 Å². The predicted molar refractivity (Wildman–Crippen MR) is 109 cm³/mol. The van der Waals surface area contributed by atoms with Crippen LogP contribution in [-0.4, -0.2) is 26.3 Å². The minimum absolute atomic E-state index is 0.186. The fraction of sp³-hybridized carbons (Fsp3) is 0.375. The lowest BCUT2D eigenvalue weighted by molar-refractivity contribution is -0.140. The Kier molecular flexibility index (Phi) is 6.97. The summed E-state index contributed by atoms with van der Waals surface area (Å²) in [7, 11) is 3.03. The number of hydrogen-bond donors (Lipinski definition) is 0. The molecular formula is C24H26O4. The summed E-state index contributed by atoms with van der Waals surface area (Å²) in [6.45, 7) is 0. The Labute approximate surface area is 166 Å². The van der Waals surface area contributed by atoms with E-state index in [-0.39, 0.29) is 24.4 Å². The van der Waals surface area contributed by atoms with Gasteiger partial charge in [0.1, 0.15) is 0 Å². The molecule has 4 nitrogen and oxygen atoms in total. The molecular weight excluding hydrogens is 352 g/mol. The van der Waals surface area contributed by atoms with E-state index in [0.717, 1.165) is 24.0 Å². The van der Waals surface area contributed by atoms with Gasteiger partial charge in [-0.15, -0.1) is 0 Å². The summed E-state index contributed by atoms with van der Waals surface area (Å²) < 4.78 is 16.5. The van der Waals surface area contributed by atoms with Gasteiger partial charge in [-0.2, -0.15) is 0 Å². The average Bonchev–Trinajstić information content (AvgIpc) is 3.24. The highest BCUT2D eigenvalue weighted by Crippen LogP contribution is 2.35. The fourth-order valence-electron chi connectivity index (χ4n) is 3.38. The molecule has 1 aliphatic carbocycles. The topological polar surface area (TPSA) is 44.8 Å². The number of carbonyl (C=O) groups is 1. The maximum Gasteiger partial charge on any atom is 0.307 e. The van der Waals surface area contributed by atoms with Crippen molar-refractivity contribution in [2.75, 3.05) is 14.2 Å². The number of hydrogen-bond acceptors (Lipinski definition) is 4. The smallest absolute Gasteiger partial charge is 0.307 e. The minimum Gasteiger partial charge on any atom is -0.493 e. The molecule has 1 saturated carbocycles. The lowest BCUT2D eigenvalue weighted by Gasteiger charge is -2.18. The predicted octanol–water partition coefficient (Wildman–Crippen LogP) is 4.72. The van der Waals surface area contributed by atoms with Gasteiger partial charge in [-0.1, -0.05) is 36.1 Å². The highest BCUT2D eigenvalue weighted by atomic mass is 16.5. The Bertz CT molecular complexity index is 842. The Morgan fingerprint density at radius 2 is 1.82 bits per heavy atom. The molecule has 0 aromatic heterocycles. The van der Waals surface area contributed by atoms with Crippen LogP contribution in [0.3, 0.4) is 0 Å². The minimum atomic E-state index is -0.290. The van der Waals surface area contributed by atoms with E-state index in [1.165, 1.54) is 20.0 Å². The average molecular weight is 378 g/mol. The van der Waals surface area contributed by atoms with Crippen molar-refractivity contribution in [1.82, 2.24) is 0 Å². The third-order valence-electron chi connectivity index (χ3n) is 4.95. The molecule has 2 aromatic rings. The van der Waals surface area contributed by atoms with Gasteiger partial charge >= 0.3 is 5.97 Å². The van der Waals surface area contributed by atoms with E-state index in [1.807, 2.05) is 48.5 Å². The quantitative estimate of drug-likeness (QED) is 0.539. The Morgan fingerprint density at radius 1 is 1.07 bits per heavy atom. The number of esters is 1. The van der Waals surface area contributed by atoms with Crippen molar-refractivity contribution in [3.63, 3.8) is 0 Å². The molecule has 0 N–H and O–H groups in total. The summed E-state index contributed by atoms with van der Waals surface area (Å²) in [5, 5.41) is 0. The van der Waals surface area contributed by atoms with Crippen molar-refractivity contribution in [2.24, 2.45) is 0 Å². The molecule has 4 heteroatoms. The number of carbonyl (C=O) groups excluding carboxylic acids is 1. The second-order valence-electron chi connectivity index (χ2n) is 6.90. The standard InChI is InChI=1S/C24H26O4/c1-26-22-15-14-19(16-23(22)28-21-10-6-7-11-21)20(17-24(25)27-2)13-12-18-8-4-3-5-9-18/h3-5,8-9,14-16,20-21H,6-7,10-11,17H2,1-2H3/t20-/m0/s1. The van der Waals surface area contributed by atoms with Gasteiger partial charge in [-0.3, -0.25) is 4.79 Å². The molecule has 1 aliphatic rings. The monoisotopic (exact) mass is 378 g/mol. The highest BCUT2D eigenvalue weighted by molar-refractivity contribution is 5.71. The van der Waals surface area contributed by atoms with Gasteiger partial charge in [0.25, 0.3) is 0 Å². The van der Waals surface area contributed by atoms with Gasteiger partial charge in [0.05, 0.1) is 32.7 Å². The van der Waals surface area contributed by atoms with Crippen molar-refractivity contribution in [3.8, 4) is 23.3 Å². The first kappa shape index (κ1) is 19.8. The highest BCUT2D eigenvalue weighted by Gasteiger charge is 2.21. The van der Waals surface area contributed by atoms with Crippen LogP contribution in [0.5, 0.6) is 11.5 Å². The summed E-state index contributed by atoms with van der Waals surface area (Å²) in [6, 6.07) is 15.5. The molecule has 0 saturated heterocycles. The Balaban J connectivity index is 1.89.